The average Bonchev–Trinajstić information content (AvgIpc) is 3.32. The van der Waals surface area contributed by atoms with E-state index in [2.05, 4.69) is 58.8 Å². The van der Waals surface area contributed by atoms with Crippen LogP contribution in [0.15, 0.2) is 42.0 Å². The topological polar surface area (TPSA) is 64.1 Å². The first kappa shape index (κ1) is 20.5. The molecule has 0 aliphatic rings. The van der Waals surface area contributed by atoms with Crippen molar-refractivity contribution in [2.45, 2.75) is 33.6 Å². The normalized spacial score (nSPS) is 11.2. The molecule has 30 heavy (non-hydrogen) atoms. The van der Waals surface area contributed by atoms with Gasteiger partial charge in [0.15, 0.2) is 0 Å². The number of nitrogens with zero attached hydrogens (tertiary/aromatic N) is 2. The number of fused-ring (bicyclic) bond motifs is 1. The van der Waals surface area contributed by atoms with E-state index in [1.54, 1.807) is 24.6 Å². The van der Waals surface area contributed by atoms with E-state index >= 15 is 0 Å². The third-order valence-corrected chi connectivity index (χ3v) is 6.69. The van der Waals surface area contributed by atoms with Crippen LogP contribution in [0.2, 0.25) is 0 Å². The van der Waals surface area contributed by atoms with Crippen LogP contribution >= 0.6 is 22.7 Å². The standard InChI is InChI=1S/C23H23N3O2S2/c1-5-28-23(27)17-10-14(4)30-21(17)26-20-19-18(11-29-22(19)25-12-24-20)16-8-6-15(7-9-16)13(2)3/h6-13H,5H2,1-4H3,(H,24,25,26). The van der Waals surface area contributed by atoms with Crippen molar-refractivity contribution >= 4 is 49.7 Å². The number of carbonyl (C=O) groups is 1. The minimum absolute atomic E-state index is 0.329. The molecular formula is C23H23N3O2S2. The van der Waals surface area contributed by atoms with Crippen LogP contribution in [0.4, 0.5) is 10.8 Å². The number of ether oxygens (including phenoxy) is 1. The molecule has 4 rings (SSSR count). The zero-order valence-electron chi connectivity index (χ0n) is 17.4. The molecule has 5 nitrogen and oxygen atoms in total. The number of aromatic nitrogens is 2. The second-order valence-corrected chi connectivity index (χ2v) is 9.39. The van der Waals surface area contributed by atoms with Gasteiger partial charge in [0.1, 0.15) is 22.0 Å². The lowest BCUT2D eigenvalue weighted by Crippen LogP contribution is -2.06. The molecule has 154 valence electrons. The quantitative estimate of drug-likeness (QED) is 0.337. The Morgan fingerprint density at radius 3 is 2.67 bits per heavy atom. The fraction of sp³-hybridized carbons (Fsp3) is 0.261. The fourth-order valence-corrected chi connectivity index (χ4v) is 5.12. The highest BCUT2D eigenvalue weighted by Gasteiger charge is 2.19. The summed E-state index contributed by atoms with van der Waals surface area (Å²) < 4.78 is 5.21. The van der Waals surface area contributed by atoms with Gasteiger partial charge in [-0.15, -0.1) is 22.7 Å². The first-order valence-corrected chi connectivity index (χ1v) is 11.5. The molecule has 7 heteroatoms. The van der Waals surface area contributed by atoms with Crippen molar-refractivity contribution < 1.29 is 9.53 Å². The number of benzene rings is 1. The summed E-state index contributed by atoms with van der Waals surface area (Å²) in [6.45, 7) is 8.50. The summed E-state index contributed by atoms with van der Waals surface area (Å²) in [7, 11) is 0. The molecule has 0 saturated carbocycles. The number of nitrogens with one attached hydrogen (secondary N) is 1. The molecule has 1 N–H and O–H groups in total. The third kappa shape index (κ3) is 3.95. The summed E-state index contributed by atoms with van der Waals surface area (Å²) in [4.78, 5) is 23.3. The second-order valence-electron chi connectivity index (χ2n) is 7.27. The maximum Gasteiger partial charge on any atom is 0.341 e. The van der Waals surface area contributed by atoms with Crippen LogP contribution in [-0.4, -0.2) is 22.5 Å². The van der Waals surface area contributed by atoms with Gasteiger partial charge in [0, 0.05) is 15.8 Å². The second kappa shape index (κ2) is 8.53. The van der Waals surface area contributed by atoms with Gasteiger partial charge in [-0.2, -0.15) is 0 Å². The maximum absolute atomic E-state index is 12.4. The van der Waals surface area contributed by atoms with E-state index in [4.69, 9.17) is 4.74 Å². The number of hydrogen-bond acceptors (Lipinski definition) is 7. The third-order valence-electron chi connectivity index (χ3n) is 4.84. The van der Waals surface area contributed by atoms with Crippen molar-refractivity contribution in [3.63, 3.8) is 0 Å². The van der Waals surface area contributed by atoms with Crippen molar-refractivity contribution in [2.75, 3.05) is 11.9 Å². The molecular weight excluding hydrogens is 414 g/mol. The average molecular weight is 438 g/mol. The van der Waals surface area contributed by atoms with Crippen LogP contribution in [0, 0.1) is 6.92 Å². The van der Waals surface area contributed by atoms with Crippen LogP contribution in [-0.2, 0) is 4.74 Å². The van der Waals surface area contributed by atoms with E-state index in [-0.39, 0.29) is 5.97 Å². The van der Waals surface area contributed by atoms with Gasteiger partial charge in [-0.3, -0.25) is 0 Å². The van der Waals surface area contributed by atoms with E-state index in [0.717, 1.165) is 31.2 Å². The molecule has 0 bridgehead atoms. The van der Waals surface area contributed by atoms with Gasteiger partial charge in [0.2, 0.25) is 0 Å². The van der Waals surface area contributed by atoms with Crippen molar-refractivity contribution in [3.05, 3.63) is 58.0 Å². The molecule has 0 amide bonds. The van der Waals surface area contributed by atoms with Crippen molar-refractivity contribution in [1.29, 1.82) is 0 Å². The number of esters is 1. The first-order valence-electron chi connectivity index (χ1n) is 9.85. The monoisotopic (exact) mass is 437 g/mol. The minimum Gasteiger partial charge on any atom is -0.462 e. The molecule has 0 aliphatic heterocycles. The molecule has 0 fully saturated rings. The Hall–Kier alpha value is -2.77. The Labute approximate surface area is 183 Å². The largest absolute Gasteiger partial charge is 0.462 e. The van der Waals surface area contributed by atoms with Gasteiger partial charge in [-0.1, -0.05) is 38.1 Å². The molecule has 0 unspecified atom stereocenters. The van der Waals surface area contributed by atoms with Crippen molar-refractivity contribution in [2.24, 2.45) is 0 Å². The lowest BCUT2D eigenvalue weighted by atomic mass is 9.99. The van der Waals surface area contributed by atoms with Gasteiger partial charge >= 0.3 is 5.97 Å². The lowest BCUT2D eigenvalue weighted by Gasteiger charge is -2.10. The van der Waals surface area contributed by atoms with Gasteiger partial charge < -0.3 is 10.1 Å². The highest BCUT2D eigenvalue weighted by atomic mass is 32.1. The van der Waals surface area contributed by atoms with Gasteiger partial charge in [-0.25, -0.2) is 14.8 Å². The highest BCUT2D eigenvalue weighted by molar-refractivity contribution is 7.17. The Morgan fingerprint density at radius 2 is 1.97 bits per heavy atom. The van der Waals surface area contributed by atoms with E-state index in [1.807, 2.05) is 13.0 Å². The summed E-state index contributed by atoms with van der Waals surface area (Å²) >= 11 is 3.10. The molecule has 4 aromatic rings. The smallest absolute Gasteiger partial charge is 0.341 e. The Morgan fingerprint density at radius 1 is 1.20 bits per heavy atom. The van der Waals surface area contributed by atoms with Crippen molar-refractivity contribution in [3.8, 4) is 11.1 Å². The summed E-state index contributed by atoms with van der Waals surface area (Å²) in [5.41, 5.74) is 4.04. The van der Waals surface area contributed by atoms with Gasteiger partial charge in [0.05, 0.1) is 17.6 Å². The molecule has 1 aromatic carbocycles. The molecule has 0 atom stereocenters. The first-order chi connectivity index (χ1) is 14.5. The number of aryl methyl sites for hydroxylation is 1. The number of carbonyl (C=O) groups excluding carboxylic acids is 1. The summed E-state index contributed by atoms with van der Waals surface area (Å²) in [5, 5.41) is 7.18. The predicted molar refractivity (Wildman–Crippen MR) is 125 cm³/mol. The number of rotatable bonds is 6. The van der Waals surface area contributed by atoms with Gasteiger partial charge in [0.25, 0.3) is 0 Å². The minimum atomic E-state index is -0.329. The Kier molecular flexibility index (Phi) is 5.83. The van der Waals surface area contributed by atoms with Crippen molar-refractivity contribution in [1.82, 2.24) is 9.97 Å². The summed E-state index contributed by atoms with van der Waals surface area (Å²) in [6.07, 6.45) is 1.55. The summed E-state index contributed by atoms with van der Waals surface area (Å²) in [5.74, 6) is 0.850. The number of anilines is 2. The number of hydrogen-bond donors (Lipinski definition) is 1. The SMILES string of the molecule is CCOC(=O)c1cc(C)sc1Nc1ncnc2scc(-c3ccc(C(C)C)cc3)c12. The zero-order chi connectivity index (χ0) is 21.3. The lowest BCUT2D eigenvalue weighted by molar-refractivity contribution is 0.0528. The Balaban J connectivity index is 1.77. The van der Waals surface area contributed by atoms with Crippen LogP contribution < -0.4 is 5.32 Å². The fourth-order valence-electron chi connectivity index (χ4n) is 3.31. The number of thiophene rings is 2. The van der Waals surface area contributed by atoms with Crippen LogP contribution in [0.25, 0.3) is 21.3 Å². The molecule has 3 heterocycles. The molecule has 0 saturated heterocycles. The van der Waals surface area contributed by atoms with E-state index in [9.17, 15) is 4.79 Å². The van der Waals surface area contributed by atoms with E-state index in [0.29, 0.717) is 23.9 Å². The molecule has 0 spiro atoms. The van der Waals surface area contributed by atoms with Gasteiger partial charge in [-0.05, 0) is 37.0 Å². The summed E-state index contributed by atoms with van der Waals surface area (Å²) in [6, 6.07) is 10.5. The van der Waals surface area contributed by atoms with E-state index in [1.165, 1.54) is 16.9 Å². The predicted octanol–water partition coefficient (Wildman–Crippen LogP) is 6.77. The van der Waals surface area contributed by atoms with E-state index < -0.39 is 0 Å². The molecule has 0 aliphatic carbocycles. The molecule has 3 aromatic heterocycles. The van der Waals surface area contributed by atoms with Crippen LogP contribution in [0.1, 0.15) is 47.5 Å². The van der Waals surface area contributed by atoms with Crippen LogP contribution in [0.5, 0.6) is 0 Å². The van der Waals surface area contributed by atoms with Crippen LogP contribution in [0.3, 0.4) is 0 Å². The Bertz CT molecular complexity index is 1190. The zero-order valence-corrected chi connectivity index (χ0v) is 19.0. The molecule has 0 radical (unpaired) electrons. The highest BCUT2D eigenvalue weighted by Crippen LogP contribution is 2.39. The maximum atomic E-state index is 12.4.